The van der Waals surface area contributed by atoms with Crippen molar-refractivity contribution in [1.82, 2.24) is 4.57 Å². The van der Waals surface area contributed by atoms with Gasteiger partial charge in [-0.15, -0.1) is 0 Å². The number of aromatic nitrogens is 1. The number of aryl methyl sites for hydroxylation is 1. The summed E-state index contributed by atoms with van der Waals surface area (Å²) in [7, 11) is 1.85. The number of hydrogen-bond donors (Lipinski definition) is 1. The van der Waals surface area contributed by atoms with Crippen LogP contribution in [0.3, 0.4) is 0 Å². The Bertz CT molecular complexity index is 175. The van der Waals surface area contributed by atoms with Crippen LogP contribution in [-0.2, 0) is 7.05 Å². The number of aromatic hydroxyl groups is 1. The van der Waals surface area contributed by atoms with Crippen molar-refractivity contribution >= 4 is 15.9 Å². The van der Waals surface area contributed by atoms with Crippen molar-refractivity contribution in [2.75, 3.05) is 0 Å². The van der Waals surface area contributed by atoms with Gasteiger partial charge in [-0.3, -0.25) is 0 Å². The van der Waals surface area contributed by atoms with Crippen LogP contribution in [-0.4, -0.2) is 9.67 Å². The molecular weight excluding hydrogens is 170 g/mol. The second kappa shape index (κ2) is 1.82. The summed E-state index contributed by atoms with van der Waals surface area (Å²) in [6, 6.07) is 1.64. The first-order valence-corrected chi connectivity index (χ1v) is 3.00. The summed E-state index contributed by atoms with van der Waals surface area (Å²) in [6.07, 6.45) is 1.63. The Morgan fingerprint density at radius 1 is 1.75 bits per heavy atom. The molecule has 8 heavy (non-hydrogen) atoms. The molecule has 0 unspecified atom stereocenters. The highest BCUT2D eigenvalue weighted by molar-refractivity contribution is 9.10. The van der Waals surface area contributed by atoms with E-state index in [1.54, 1.807) is 16.8 Å². The third-order valence-electron chi connectivity index (χ3n) is 0.930. The number of halogens is 1. The lowest BCUT2D eigenvalue weighted by Gasteiger charge is -1.87. The zero-order chi connectivity index (χ0) is 6.15. The number of nitrogens with zero attached hydrogens (tertiary/aromatic N) is 1. The first kappa shape index (κ1) is 5.69. The van der Waals surface area contributed by atoms with Gasteiger partial charge < -0.3 is 9.67 Å². The first-order valence-electron chi connectivity index (χ1n) is 2.21. The van der Waals surface area contributed by atoms with Crippen LogP contribution < -0.4 is 0 Å². The van der Waals surface area contributed by atoms with Crippen molar-refractivity contribution in [2.45, 2.75) is 0 Å². The second-order valence-corrected chi connectivity index (χ2v) is 2.44. The SMILES string of the molecule is Cn1cc(O)cc1Br. The normalized spacial score (nSPS) is 9.75. The van der Waals surface area contributed by atoms with Gasteiger partial charge in [-0.05, 0) is 15.9 Å². The minimum Gasteiger partial charge on any atom is -0.506 e. The van der Waals surface area contributed by atoms with E-state index in [-0.39, 0.29) is 0 Å². The molecule has 0 aliphatic rings. The summed E-state index contributed by atoms with van der Waals surface area (Å²) < 4.78 is 2.67. The third-order valence-corrected chi connectivity index (χ3v) is 1.72. The zero-order valence-corrected chi connectivity index (χ0v) is 6.01. The Kier molecular flexibility index (Phi) is 1.29. The highest BCUT2D eigenvalue weighted by Crippen LogP contribution is 2.17. The van der Waals surface area contributed by atoms with Gasteiger partial charge in [0.15, 0.2) is 0 Å². The van der Waals surface area contributed by atoms with Gasteiger partial charge in [0, 0.05) is 19.3 Å². The van der Waals surface area contributed by atoms with Crippen molar-refractivity contribution in [1.29, 1.82) is 0 Å². The fourth-order valence-electron chi connectivity index (χ4n) is 0.521. The first-order chi connectivity index (χ1) is 3.70. The molecule has 0 radical (unpaired) electrons. The van der Waals surface area contributed by atoms with Crippen LogP contribution in [0.25, 0.3) is 0 Å². The molecule has 0 spiro atoms. The smallest absolute Gasteiger partial charge is 0.134 e. The van der Waals surface area contributed by atoms with E-state index in [4.69, 9.17) is 5.11 Å². The molecule has 0 atom stereocenters. The average Bonchev–Trinajstić information content (AvgIpc) is 1.85. The Hall–Kier alpha value is -0.440. The summed E-state index contributed by atoms with van der Waals surface area (Å²) in [6.45, 7) is 0. The molecular formula is C5H6BrNO. The van der Waals surface area contributed by atoms with E-state index in [1.807, 2.05) is 7.05 Å². The lowest BCUT2D eigenvalue weighted by molar-refractivity contribution is 0.474. The van der Waals surface area contributed by atoms with Gasteiger partial charge in [-0.25, -0.2) is 0 Å². The van der Waals surface area contributed by atoms with Crippen LogP contribution in [0, 0.1) is 0 Å². The molecule has 1 aromatic heterocycles. The predicted octanol–water partition coefficient (Wildman–Crippen LogP) is 1.49. The third kappa shape index (κ3) is 0.865. The summed E-state index contributed by atoms with van der Waals surface area (Å²) >= 11 is 3.22. The standard InChI is InChI=1S/C5H6BrNO/c1-7-3-4(8)2-5(7)6/h2-3,8H,1H3. The van der Waals surface area contributed by atoms with Crippen molar-refractivity contribution < 1.29 is 5.11 Å². The Morgan fingerprint density at radius 2 is 2.38 bits per heavy atom. The maximum atomic E-state index is 8.78. The highest BCUT2D eigenvalue weighted by Gasteiger charge is 1.94. The van der Waals surface area contributed by atoms with Crippen LogP contribution in [0.2, 0.25) is 0 Å². The summed E-state index contributed by atoms with van der Waals surface area (Å²) in [4.78, 5) is 0. The highest BCUT2D eigenvalue weighted by atomic mass is 79.9. The molecule has 0 saturated carbocycles. The molecule has 0 bridgehead atoms. The molecule has 1 aromatic rings. The predicted molar refractivity (Wildman–Crippen MR) is 34.8 cm³/mol. The fourth-order valence-corrected chi connectivity index (χ4v) is 0.858. The van der Waals surface area contributed by atoms with Gasteiger partial charge in [-0.1, -0.05) is 0 Å². The molecule has 1 rings (SSSR count). The van der Waals surface area contributed by atoms with E-state index in [0.29, 0.717) is 5.75 Å². The lowest BCUT2D eigenvalue weighted by Crippen LogP contribution is -1.80. The molecule has 0 aliphatic carbocycles. The molecule has 0 aromatic carbocycles. The molecule has 0 amide bonds. The van der Waals surface area contributed by atoms with E-state index >= 15 is 0 Å². The van der Waals surface area contributed by atoms with Gasteiger partial charge in [0.25, 0.3) is 0 Å². The minimum absolute atomic E-state index is 0.291. The fraction of sp³-hybridized carbons (Fsp3) is 0.200. The molecule has 0 fully saturated rings. The molecule has 44 valence electrons. The van der Waals surface area contributed by atoms with Crippen molar-refractivity contribution in [2.24, 2.45) is 7.05 Å². The van der Waals surface area contributed by atoms with E-state index in [2.05, 4.69) is 15.9 Å². The van der Waals surface area contributed by atoms with Crippen LogP contribution in [0.1, 0.15) is 0 Å². The van der Waals surface area contributed by atoms with E-state index in [0.717, 1.165) is 4.60 Å². The molecule has 1 heterocycles. The summed E-state index contributed by atoms with van der Waals surface area (Å²) in [5.74, 6) is 0.291. The molecule has 2 nitrogen and oxygen atoms in total. The second-order valence-electron chi connectivity index (χ2n) is 1.63. The van der Waals surface area contributed by atoms with Crippen molar-refractivity contribution in [3.05, 3.63) is 16.9 Å². The van der Waals surface area contributed by atoms with Gasteiger partial charge in [0.2, 0.25) is 0 Å². The van der Waals surface area contributed by atoms with Gasteiger partial charge in [0.1, 0.15) is 5.75 Å². The molecule has 1 N–H and O–H groups in total. The number of rotatable bonds is 0. The van der Waals surface area contributed by atoms with E-state index < -0.39 is 0 Å². The van der Waals surface area contributed by atoms with Crippen molar-refractivity contribution in [3.63, 3.8) is 0 Å². The van der Waals surface area contributed by atoms with Gasteiger partial charge in [-0.2, -0.15) is 0 Å². The van der Waals surface area contributed by atoms with Crippen LogP contribution in [0.5, 0.6) is 5.75 Å². The maximum Gasteiger partial charge on any atom is 0.134 e. The Labute approximate surface area is 55.9 Å². The molecule has 0 saturated heterocycles. The van der Waals surface area contributed by atoms with Crippen LogP contribution >= 0.6 is 15.9 Å². The van der Waals surface area contributed by atoms with Gasteiger partial charge in [0.05, 0.1) is 4.60 Å². The Morgan fingerprint density at radius 3 is 2.50 bits per heavy atom. The van der Waals surface area contributed by atoms with Crippen LogP contribution in [0.4, 0.5) is 0 Å². The molecule has 0 aliphatic heterocycles. The van der Waals surface area contributed by atoms with E-state index in [1.165, 1.54) is 0 Å². The Balaban J connectivity index is 3.14. The maximum absolute atomic E-state index is 8.78. The van der Waals surface area contributed by atoms with Crippen LogP contribution in [0.15, 0.2) is 16.9 Å². The quantitative estimate of drug-likeness (QED) is 0.636. The summed E-state index contributed by atoms with van der Waals surface area (Å²) in [5.41, 5.74) is 0. The summed E-state index contributed by atoms with van der Waals surface area (Å²) in [5, 5.41) is 8.78. The monoisotopic (exact) mass is 175 g/mol. The zero-order valence-electron chi connectivity index (χ0n) is 4.43. The molecule has 3 heteroatoms. The average molecular weight is 176 g/mol. The van der Waals surface area contributed by atoms with E-state index in [9.17, 15) is 0 Å². The largest absolute Gasteiger partial charge is 0.506 e. The van der Waals surface area contributed by atoms with Gasteiger partial charge >= 0.3 is 0 Å². The lowest BCUT2D eigenvalue weighted by atomic mass is 10.6. The van der Waals surface area contributed by atoms with Crippen molar-refractivity contribution in [3.8, 4) is 5.75 Å². The number of hydrogen-bond acceptors (Lipinski definition) is 1. The topological polar surface area (TPSA) is 25.2 Å². The minimum atomic E-state index is 0.291.